The average molecular weight is 291 g/mol. The molecule has 0 radical (unpaired) electrons. The van der Waals surface area contributed by atoms with E-state index in [0.29, 0.717) is 0 Å². The summed E-state index contributed by atoms with van der Waals surface area (Å²) in [6.45, 7) is 0. The third-order valence-corrected chi connectivity index (χ3v) is 3.02. The molecule has 1 aromatic carbocycles. The van der Waals surface area contributed by atoms with E-state index in [1.807, 2.05) is 0 Å². The molecular formula is C7H6ClF3N2O3S. The Kier molecular flexibility index (Phi) is 3.87. The molecule has 0 saturated heterocycles. The zero-order chi connectivity index (χ0) is 13.3. The molecule has 3 N–H and O–H groups in total. The average Bonchev–Trinajstić information content (AvgIpc) is 2.18. The zero-order valence-corrected chi connectivity index (χ0v) is 9.53. The maximum absolute atomic E-state index is 12.0. The molecule has 0 aliphatic rings. The Balaban J connectivity index is 3.32. The van der Waals surface area contributed by atoms with Gasteiger partial charge in [0.05, 0.1) is 0 Å². The van der Waals surface area contributed by atoms with Gasteiger partial charge in [-0.3, -0.25) is 5.84 Å². The van der Waals surface area contributed by atoms with Gasteiger partial charge < -0.3 is 4.74 Å². The van der Waals surface area contributed by atoms with Crippen LogP contribution >= 0.6 is 11.6 Å². The molecule has 0 aliphatic carbocycles. The van der Waals surface area contributed by atoms with Crippen LogP contribution in [0.4, 0.5) is 13.2 Å². The molecule has 0 bridgehead atoms. The largest absolute Gasteiger partial charge is 0.573 e. The van der Waals surface area contributed by atoms with Crippen LogP contribution in [0.15, 0.2) is 23.1 Å². The SMILES string of the molecule is NNS(=O)(=O)c1cc(Cl)ccc1OC(F)(F)F. The van der Waals surface area contributed by atoms with E-state index in [2.05, 4.69) is 4.74 Å². The minimum atomic E-state index is -5.02. The fourth-order valence-corrected chi connectivity index (χ4v) is 1.98. The van der Waals surface area contributed by atoms with Crippen molar-refractivity contribution in [3.05, 3.63) is 23.2 Å². The van der Waals surface area contributed by atoms with Crippen molar-refractivity contribution in [3.63, 3.8) is 0 Å². The van der Waals surface area contributed by atoms with Crippen molar-refractivity contribution in [1.82, 2.24) is 4.83 Å². The van der Waals surface area contributed by atoms with E-state index in [0.717, 1.165) is 18.2 Å². The third kappa shape index (κ3) is 3.73. The monoisotopic (exact) mass is 290 g/mol. The zero-order valence-electron chi connectivity index (χ0n) is 7.95. The van der Waals surface area contributed by atoms with Crippen LogP contribution in [0, 0.1) is 0 Å². The Morgan fingerprint density at radius 1 is 1.35 bits per heavy atom. The van der Waals surface area contributed by atoms with Gasteiger partial charge in [-0.25, -0.2) is 8.42 Å². The first-order valence-corrected chi connectivity index (χ1v) is 5.79. The molecular weight excluding hydrogens is 285 g/mol. The normalized spacial score (nSPS) is 12.5. The van der Waals surface area contributed by atoms with Crippen LogP contribution in [0.3, 0.4) is 0 Å². The Bertz CT molecular complexity index is 518. The predicted octanol–water partition coefficient (Wildman–Crippen LogP) is 1.39. The summed E-state index contributed by atoms with van der Waals surface area (Å²) in [5.41, 5.74) is 0. The highest BCUT2D eigenvalue weighted by Crippen LogP contribution is 2.31. The van der Waals surface area contributed by atoms with Crippen molar-refractivity contribution in [2.75, 3.05) is 0 Å². The van der Waals surface area contributed by atoms with E-state index in [4.69, 9.17) is 17.4 Å². The molecule has 5 nitrogen and oxygen atoms in total. The Morgan fingerprint density at radius 2 is 1.94 bits per heavy atom. The number of halogens is 4. The molecule has 0 aromatic heterocycles. The summed E-state index contributed by atoms with van der Waals surface area (Å²) in [6, 6.07) is 2.62. The van der Waals surface area contributed by atoms with Crippen LogP contribution in [0.1, 0.15) is 0 Å². The number of ether oxygens (including phenoxy) is 1. The lowest BCUT2D eigenvalue weighted by Crippen LogP contribution is -2.31. The van der Waals surface area contributed by atoms with Crippen molar-refractivity contribution < 1.29 is 26.3 Å². The number of benzene rings is 1. The van der Waals surface area contributed by atoms with Crippen molar-refractivity contribution in [2.24, 2.45) is 5.84 Å². The van der Waals surface area contributed by atoms with Crippen molar-refractivity contribution in [2.45, 2.75) is 11.3 Å². The van der Waals surface area contributed by atoms with Crippen LogP contribution in [0.2, 0.25) is 5.02 Å². The van der Waals surface area contributed by atoms with E-state index in [-0.39, 0.29) is 5.02 Å². The number of nitrogens with two attached hydrogens (primary N) is 1. The summed E-state index contributed by atoms with van der Waals surface area (Å²) >= 11 is 5.48. The second-order valence-electron chi connectivity index (χ2n) is 2.76. The maximum atomic E-state index is 12.0. The minimum Gasteiger partial charge on any atom is -0.404 e. The highest BCUT2D eigenvalue weighted by Gasteiger charge is 2.34. The van der Waals surface area contributed by atoms with Gasteiger partial charge in [0.2, 0.25) is 0 Å². The molecule has 0 heterocycles. The molecule has 1 aromatic rings. The van der Waals surface area contributed by atoms with Gasteiger partial charge in [0.15, 0.2) is 0 Å². The number of nitrogens with one attached hydrogen (secondary N) is 1. The molecule has 96 valence electrons. The van der Waals surface area contributed by atoms with Gasteiger partial charge in [-0.2, -0.15) is 0 Å². The lowest BCUT2D eigenvalue weighted by molar-refractivity contribution is -0.275. The van der Waals surface area contributed by atoms with E-state index in [1.165, 1.54) is 4.83 Å². The number of hydrogen-bond acceptors (Lipinski definition) is 4. The summed E-state index contributed by atoms with van der Waals surface area (Å²) in [6.07, 6.45) is -5.02. The van der Waals surface area contributed by atoms with E-state index >= 15 is 0 Å². The number of sulfonamides is 1. The molecule has 1 rings (SSSR count). The minimum absolute atomic E-state index is 0.0756. The number of alkyl halides is 3. The summed E-state index contributed by atoms with van der Waals surface area (Å²) in [5, 5.41) is -0.0756. The van der Waals surface area contributed by atoms with Gasteiger partial charge >= 0.3 is 6.36 Å². The second kappa shape index (κ2) is 4.69. The van der Waals surface area contributed by atoms with E-state index in [1.54, 1.807) is 0 Å². The molecule has 0 aliphatic heterocycles. The fourth-order valence-electron chi connectivity index (χ4n) is 0.964. The topological polar surface area (TPSA) is 81.4 Å². The quantitative estimate of drug-likeness (QED) is 0.651. The number of rotatable bonds is 3. The fraction of sp³-hybridized carbons (Fsp3) is 0.143. The summed E-state index contributed by atoms with van der Waals surface area (Å²) in [5.74, 6) is 3.79. The maximum Gasteiger partial charge on any atom is 0.573 e. The summed E-state index contributed by atoms with van der Waals surface area (Å²) < 4.78 is 62.2. The van der Waals surface area contributed by atoms with Gasteiger partial charge in [0.1, 0.15) is 10.6 Å². The van der Waals surface area contributed by atoms with Gasteiger partial charge in [-0.1, -0.05) is 11.6 Å². The van der Waals surface area contributed by atoms with Crippen LogP contribution in [-0.4, -0.2) is 14.8 Å². The van der Waals surface area contributed by atoms with Crippen LogP contribution < -0.4 is 15.4 Å². The molecule has 10 heteroatoms. The van der Waals surface area contributed by atoms with Crippen molar-refractivity contribution >= 4 is 21.6 Å². The molecule has 0 unspecified atom stereocenters. The first-order valence-electron chi connectivity index (χ1n) is 3.93. The molecule has 0 atom stereocenters. The Morgan fingerprint density at radius 3 is 2.41 bits per heavy atom. The second-order valence-corrected chi connectivity index (χ2v) is 4.88. The lowest BCUT2D eigenvalue weighted by atomic mass is 10.3. The van der Waals surface area contributed by atoms with E-state index in [9.17, 15) is 21.6 Å². The Hall–Kier alpha value is -1.03. The molecule has 0 fully saturated rings. The van der Waals surface area contributed by atoms with Crippen LogP contribution in [-0.2, 0) is 10.0 Å². The molecule has 17 heavy (non-hydrogen) atoms. The van der Waals surface area contributed by atoms with Gasteiger partial charge in [0, 0.05) is 5.02 Å². The number of hydrazine groups is 1. The van der Waals surface area contributed by atoms with Crippen molar-refractivity contribution in [1.29, 1.82) is 0 Å². The van der Waals surface area contributed by atoms with Gasteiger partial charge in [-0.05, 0) is 18.2 Å². The van der Waals surface area contributed by atoms with Gasteiger partial charge in [0.25, 0.3) is 10.0 Å². The number of hydrogen-bond donors (Lipinski definition) is 2. The summed E-state index contributed by atoms with van der Waals surface area (Å²) in [7, 11) is -4.31. The first kappa shape index (κ1) is 14.0. The smallest absolute Gasteiger partial charge is 0.404 e. The highest BCUT2D eigenvalue weighted by molar-refractivity contribution is 7.89. The van der Waals surface area contributed by atoms with Gasteiger partial charge in [-0.15, -0.1) is 18.0 Å². The highest BCUT2D eigenvalue weighted by atomic mass is 35.5. The first-order chi connectivity index (χ1) is 7.65. The van der Waals surface area contributed by atoms with E-state index < -0.39 is 27.0 Å². The van der Waals surface area contributed by atoms with Crippen LogP contribution in [0.25, 0.3) is 0 Å². The van der Waals surface area contributed by atoms with Crippen LogP contribution in [0.5, 0.6) is 5.75 Å². The predicted molar refractivity (Wildman–Crippen MR) is 52.6 cm³/mol. The van der Waals surface area contributed by atoms with Crippen molar-refractivity contribution in [3.8, 4) is 5.75 Å². The molecule has 0 amide bonds. The lowest BCUT2D eigenvalue weighted by Gasteiger charge is -2.13. The third-order valence-electron chi connectivity index (χ3n) is 1.58. The standard InChI is InChI=1S/C7H6ClF3N2O3S/c8-4-1-2-5(16-7(9,10)11)6(3-4)17(14,15)13-12/h1-3,13H,12H2. The molecule has 0 spiro atoms. The Labute approximate surface area is 99.3 Å². The summed E-state index contributed by atoms with van der Waals surface area (Å²) in [4.78, 5) is 0.576. The molecule has 0 saturated carbocycles.